The van der Waals surface area contributed by atoms with Crippen LogP contribution in [0, 0.1) is 6.92 Å². The first kappa shape index (κ1) is 18.7. The highest BCUT2D eigenvalue weighted by Gasteiger charge is 2.21. The Balaban J connectivity index is 1.84. The zero-order valence-electron chi connectivity index (χ0n) is 14.6. The van der Waals surface area contributed by atoms with Crippen LogP contribution in [-0.2, 0) is 0 Å². The molecule has 28 heavy (non-hydrogen) atoms. The van der Waals surface area contributed by atoms with Crippen molar-refractivity contribution in [1.82, 2.24) is 14.4 Å². The SMILES string of the molecule is Cc1ccn2c(NC(=O)c3ncc(Cl)c(Cl)c3Cl)c(-c3ccccc3)nc2c1. The van der Waals surface area contributed by atoms with Crippen molar-refractivity contribution in [2.45, 2.75) is 6.92 Å². The average Bonchev–Trinajstić information content (AvgIpc) is 3.04. The molecule has 0 spiro atoms. The standard InChI is InChI=1S/C20H13Cl3N4O/c1-11-7-8-27-14(9-11)25-17(12-5-3-2-4-6-12)19(27)26-20(28)18-16(23)15(22)13(21)10-24-18/h2-10H,1H3,(H,26,28). The molecule has 1 amide bonds. The largest absolute Gasteiger partial charge is 0.304 e. The smallest absolute Gasteiger partial charge is 0.277 e. The highest BCUT2D eigenvalue weighted by atomic mass is 35.5. The molecule has 0 aliphatic rings. The van der Waals surface area contributed by atoms with Gasteiger partial charge in [-0.1, -0.05) is 65.1 Å². The number of carbonyl (C=O) groups excluding carboxylic acids is 1. The molecule has 0 aliphatic carbocycles. The molecule has 1 N–H and O–H groups in total. The summed E-state index contributed by atoms with van der Waals surface area (Å²) < 4.78 is 1.80. The third-order valence-electron chi connectivity index (χ3n) is 4.19. The summed E-state index contributed by atoms with van der Waals surface area (Å²) in [5, 5.41) is 3.13. The van der Waals surface area contributed by atoms with Gasteiger partial charge in [-0.05, 0) is 24.6 Å². The lowest BCUT2D eigenvalue weighted by atomic mass is 10.1. The first-order valence-corrected chi connectivity index (χ1v) is 9.44. The summed E-state index contributed by atoms with van der Waals surface area (Å²) in [4.78, 5) is 21.6. The van der Waals surface area contributed by atoms with E-state index in [1.165, 1.54) is 6.20 Å². The first-order valence-electron chi connectivity index (χ1n) is 8.30. The molecular formula is C20H13Cl3N4O. The summed E-state index contributed by atoms with van der Waals surface area (Å²) in [6.45, 7) is 1.98. The van der Waals surface area contributed by atoms with E-state index in [0.717, 1.165) is 11.1 Å². The minimum absolute atomic E-state index is 0.00223. The summed E-state index contributed by atoms with van der Waals surface area (Å²) in [5.41, 5.74) is 3.26. The molecular weight excluding hydrogens is 419 g/mol. The third kappa shape index (κ3) is 3.33. The Morgan fingerprint density at radius 2 is 1.82 bits per heavy atom. The quantitative estimate of drug-likeness (QED) is 0.438. The van der Waals surface area contributed by atoms with Crippen molar-refractivity contribution in [2.24, 2.45) is 0 Å². The van der Waals surface area contributed by atoms with Crippen molar-refractivity contribution in [3.05, 3.63) is 81.2 Å². The van der Waals surface area contributed by atoms with Crippen LogP contribution in [0.2, 0.25) is 15.1 Å². The van der Waals surface area contributed by atoms with Gasteiger partial charge in [0.05, 0.1) is 15.1 Å². The summed E-state index contributed by atoms with van der Waals surface area (Å²) in [6.07, 6.45) is 3.14. The van der Waals surface area contributed by atoms with E-state index in [2.05, 4.69) is 10.3 Å². The van der Waals surface area contributed by atoms with E-state index in [0.29, 0.717) is 17.2 Å². The predicted molar refractivity (Wildman–Crippen MR) is 113 cm³/mol. The first-order chi connectivity index (χ1) is 13.5. The van der Waals surface area contributed by atoms with Gasteiger partial charge in [0, 0.05) is 18.0 Å². The van der Waals surface area contributed by atoms with E-state index in [1.54, 1.807) is 4.40 Å². The maximum Gasteiger partial charge on any atom is 0.277 e. The molecule has 0 saturated carbocycles. The van der Waals surface area contributed by atoms with E-state index in [-0.39, 0.29) is 20.8 Å². The van der Waals surface area contributed by atoms with E-state index < -0.39 is 5.91 Å². The molecule has 0 atom stereocenters. The lowest BCUT2D eigenvalue weighted by Crippen LogP contribution is -2.16. The number of carbonyl (C=O) groups is 1. The lowest BCUT2D eigenvalue weighted by molar-refractivity contribution is 0.102. The highest BCUT2D eigenvalue weighted by molar-refractivity contribution is 6.49. The fourth-order valence-corrected chi connectivity index (χ4v) is 3.40. The normalized spacial score (nSPS) is 11.0. The van der Waals surface area contributed by atoms with Crippen molar-refractivity contribution in [3.8, 4) is 11.3 Å². The van der Waals surface area contributed by atoms with Gasteiger partial charge in [-0.15, -0.1) is 0 Å². The van der Waals surface area contributed by atoms with Gasteiger partial charge in [0.25, 0.3) is 5.91 Å². The Labute approximate surface area is 175 Å². The van der Waals surface area contributed by atoms with Crippen LogP contribution in [0.4, 0.5) is 5.82 Å². The van der Waals surface area contributed by atoms with Crippen molar-refractivity contribution >= 4 is 52.2 Å². The maximum atomic E-state index is 12.9. The van der Waals surface area contributed by atoms with Crippen molar-refractivity contribution in [1.29, 1.82) is 0 Å². The zero-order chi connectivity index (χ0) is 19.8. The van der Waals surface area contributed by atoms with Crippen LogP contribution < -0.4 is 5.32 Å². The van der Waals surface area contributed by atoms with Crippen LogP contribution in [-0.4, -0.2) is 20.3 Å². The number of anilines is 1. The number of amides is 1. The second kappa shape index (κ2) is 7.43. The second-order valence-electron chi connectivity index (χ2n) is 6.14. The molecule has 0 fully saturated rings. The summed E-state index contributed by atoms with van der Waals surface area (Å²) in [5.74, 6) is -0.00161. The van der Waals surface area contributed by atoms with E-state index in [1.807, 2.05) is 55.6 Å². The van der Waals surface area contributed by atoms with Gasteiger partial charge >= 0.3 is 0 Å². The van der Waals surface area contributed by atoms with Crippen LogP contribution in [0.15, 0.2) is 54.9 Å². The zero-order valence-corrected chi connectivity index (χ0v) is 16.8. The minimum atomic E-state index is -0.511. The fourth-order valence-electron chi connectivity index (χ4n) is 2.83. The lowest BCUT2D eigenvalue weighted by Gasteiger charge is -2.09. The van der Waals surface area contributed by atoms with Gasteiger partial charge < -0.3 is 5.32 Å². The number of fused-ring (bicyclic) bond motifs is 1. The van der Waals surface area contributed by atoms with Gasteiger partial charge in [-0.25, -0.2) is 9.97 Å². The fraction of sp³-hybridized carbons (Fsp3) is 0.0500. The molecule has 0 unspecified atom stereocenters. The van der Waals surface area contributed by atoms with Crippen LogP contribution >= 0.6 is 34.8 Å². The topological polar surface area (TPSA) is 59.3 Å². The number of pyridine rings is 2. The third-order valence-corrected chi connectivity index (χ3v) is 5.43. The predicted octanol–water partition coefficient (Wildman–Crippen LogP) is 5.92. The maximum absolute atomic E-state index is 12.9. The molecule has 5 nitrogen and oxygen atoms in total. The number of imidazole rings is 1. The van der Waals surface area contributed by atoms with E-state index >= 15 is 0 Å². The molecule has 3 aromatic heterocycles. The molecule has 0 radical (unpaired) electrons. The number of hydrogen-bond acceptors (Lipinski definition) is 3. The number of aromatic nitrogens is 3. The molecule has 3 heterocycles. The van der Waals surface area contributed by atoms with E-state index in [9.17, 15) is 4.79 Å². The summed E-state index contributed by atoms with van der Waals surface area (Å²) in [7, 11) is 0. The molecule has 4 rings (SSSR count). The summed E-state index contributed by atoms with van der Waals surface area (Å²) in [6, 6.07) is 13.5. The average molecular weight is 432 g/mol. The molecule has 140 valence electrons. The molecule has 1 aromatic carbocycles. The molecule has 8 heteroatoms. The van der Waals surface area contributed by atoms with Crippen LogP contribution in [0.3, 0.4) is 0 Å². The molecule has 0 bridgehead atoms. The molecule has 0 aliphatic heterocycles. The van der Waals surface area contributed by atoms with Crippen molar-refractivity contribution in [3.63, 3.8) is 0 Å². The number of nitrogens with zero attached hydrogens (tertiary/aromatic N) is 3. The van der Waals surface area contributed by atoms with Crippen LogP contribution in [0.25, 0.3) is 16.9 Å². The highest BCUT2D eigenvalue weighted by Crippen LogP contribution is 2.33. The number of nitrogens with one attached hydrogen (secondary N) is 1. The Morgan fingerprint density at radius 3 is 2.57 bits per heavy atom. The van der Waals surface area contributed by atoms with Crippen molar-refractivity contribution < 1.29 is 4.79 Å². The Hall–Kier alpha value is -2.60. The molecule has 4 aromatic rings. The monoisotopic (exact) mass is 430 g/mol. The van der Waals surface area contributed by atoms with Gasteiger partial charge in [0.15, 0.2) is 0 Å². The molecule has 0 saturated heterocycles. The minimum Gasteiger partial charge on any atom is -0.304 e. The van der Waals surface area contributed by atoms with Crippen LogP contribution in [0.1, 0.15) is 16.1 Å². The Morgan fingerprint density at radius 1 is 1.07 bits per heavy atom. The van der Waals surface area contributed by atoms with Gasteiger partial charge in [0.1, 0.15) is 22.9 Å². The van der Waals surface area contributed by atoms with Gasteiger partial charge in [-0.3, -0.25) is 9.20 Å². The number of aryl methyl sites for hydroxylation is 1. The number of halogens is 3. The Bertz CT molecular complexity index is 1210. The van der Waals surface area contributed by atoms with E-state index in [4.69, 9.17) is 39.8 Å². The van der Waals surface area contributed by atoms with Gasteiger partial charge in [0.2, 0.25) is 0 Å². The number of hydrogen-bond donors (Lipinski definition) is 1. The van der Waals surface area contributed by atoms with Crippen molar-refractivity contribution in [2.75, 3.05) is 5.32 Å². The number of benzene rings is 1. The van der Waals surface area contributed by atoms with Gasteiger partial charge in [-0.2, -0.15) is 0 Å². The second-order valence-corrected chi connectivity index (χ2v) is 7.31. The Kier molecular flexibility index (Phi) is 4.98. The number of rotatable bonds is 3. The summed E-state index contributed by atoms with van der Waals surface area (Å²) >= 11 is 18.1. The van der Waals surface area contributed by atoms with Crippen LogP contribution in [0.5, 0.6) is 0 Å².